The zero-order valence-corrected chi connectivity index (χ0v) is 15.7. The van der Waals surface area contributed by atoms with Crippen LogP contribution in [0.2, 0.25) is 0 Å². The van der Waals surface area contributed by atoms with Gasteiger partial charge in [0.15, 0.2) is 0 Å². The highest BCUT2D eigenvalue weighted by atomic mass is 16.1. The van der Waals surface area contributed by atoms with Crippen molar-refractivity contribution in [3.05, 3.63) is 48.2 Å². The molecule has 0 bridgehead atoms. The zero-order valence-electron chi connectivity index (χ0n) is 15.7. The maximum absolute atomic E-state index is 12.4. The summed E-state index contributed by atoms with van der Waals surface area (Å²) in [4.78, 5) is 18.9. The summed E-state index contributed by atoms with van der Waals surface area (Å²) in [6.07, 6.45) is 8.79. The first-order valence-corrected chi connectivity index (χ1v) is 9.43. The SMILES string of the molecule is CN(C)c1ccc(Nc2ccc(C(=O)NC3CCCCCC3)cn2)cc1. The second-order valence-electron chi connectivity index (χ2n) is 7.16. The molecule has 1 amide bonds. The van der Waals surface area contributed by atoms with E-state index in [9.17, 15) is 4.79 Å². The molecule has 1 aliphatic rings. The van der Waals surface area contributed by atoms with Crippen LogP contribution in [0.3, 0.4) is 0 Å². The first kappa shape index (κ1) is 18.2. The Morgan fingerprint density at radius 3 is 2.27 bits per heavy atom. The van der Waals surface area contributed by atoms with Gasteiger partial charge in [-0.2, -0.15) is 0 Å². The van der Waals surface area contributed by atoms with Crippen molar-refractivity contribution >= 4 is 23.1 Å². The van der Waals surface area contributed by atoms with Crippen molar-refractivity contribution in [2.75, 3.05) is 24.3 Å². The van der Waals surface area contributed by atoms with E-state index in [1.54, 1.807) is 6.20 Å². The molecule has 0 saturated heterocycles. The van der Waals surface area contributed by atoms with Gasteiger partial charge in [-0.3, -0.25) is 4.79 Å². The summed E-state index contributed by atoms with van der Waals surface area (Å²) in [6, 6.07) is 12.1. The average Bonchev–Trinajstić information content (AvgIpc) is 2.91. The van der Waals surface area contributed by atoms with Crippen LogP contribution in [0.4, 0.5) is 17.2 Å². The molecular weight excluding hydrogens is 324 g/mol. The minimum atomic E-state index is -0.0220. The Morgan fingerprint density at radius 1 is 1.00 bits per heavy atom. The van der Waals surface area contributed by atoms with Gasteiger partial charge in [0.25, 0.3) is 5.91 Å². The van der Waals surface area contributed by atoms with Crippen LogP contribution in [0.25, 0.3) is 0 Å². The summed E-state index contributed by atoms with van der Waals surface area (Å²) in [5.74, 6) is 0.708. The highest BCUT2D eigenvalue weighted by Gasteiger charge is 2.16. The zero-order chi connectivity index (χ0) is 18.4. The molecular formula is C21H28N4O. The summed E-state index contributed by atoms with van der Waals surface area (Å²) in [6.45, 7) is 0. The summed E-state index contributed by atoms with van der Waals surface area (Å²) in [5.41, 5.74) is 2.73. The van der Waals surface area contributed by atoms with Crippen LogP contribution in [0.5, 0.6) is 0 Å². The number of pyridine rings is 1. The molecule has 138 valence electrons. The van der Waals surface area contributed by atoms with Gasteiger partial charge in [-0.25, -0.2) is 4.98 Å². The number of carbonyl (C=O) groups is 1. The van der Waals surface area contributed by atoms with Crippen molar-refractivity contribution in [1.29, 1.82) is 0 Å². The highest BCUT2D eigenvalue weighted by molar-refractivity contribution is 5.94. The summed E-state index contributed by atoms with van der Waals surface area (Å²) < 4.78 is 0. The molecule has 0 unspecified atom stereocenters. The van der Waals surface area contributed by atoms with Crippen molar-refractivity contribution < 1.29 is 4.79 Å². The summed E-state index contributed by atoms with van der Waals surface area (Å²) in [7, 11) is 4.03. The molecule has 0 aliphatic heterocycles. The lowest BCUT2D eigenvalue weighted by molar-refractivity contribution is 0.0933. The van der Waals surface area contributed by atoms with Crippen LogP contribution in [-0.2, 0) is 0 Å². The molecule has 1 aromatic heterocycles. The van der Waals surface area contributed by atoms with Crippen LogP contribution in [0.15, 0.2) is 42.6 Å². The molecule has 2 aromatic rings. The molecule has 1 aliphatic carbocycles. The Hall–Kier alpha value is -2.56. The van der Waals surface area contributed by atoms with Crippen molar-refractivity contribution in [2.45, 2.75) is 44.6 Å². The van der Waals surface area contributed by atoms with E-state index in [1.165, 1.54) is 25.7 Å². The lowest BCUT2D eigenvalue weighted by Crippen LogP contribution is -2.34. The molecule has 1 saturated carbocycles. The first-order valence-electron chi connectivity index (χ1n) is 9.43. The standard InChI is InChI=1S/C21H28N4O/c1-25(2)19-12-10-18(11-13-19)23-20-14-9-16(15-22-20)21(26)24-17-7-5-3-4-6-8-17/h9-15,17H,3-8H2,1-2H3,(H,22,23)(H,24,26). The molecule has 26 heavy (non-hydrogen) atoms. The molecule has 0 radical (unpaired) electrons. The Balaban J connectivity index is 1.58. The number of hydrogen-bond acceptors (Lipinski definition) is 4. The first-order chi connectivity index (χ1) is 12.6. The van der Waals surface area contributed by atoms with E-state index in [1.807, 2.05) is 38.4 Å². The van der Waals surface area contributed by atoms with E-state index in [0.717, 1.165) is 30.0 Å². The minimum Gasteiger partial charge on any atom is -0.378 e. The fourth-order valence-electron chi connectivity index (χ4n) is 3.29. The second kappa shape index (κ2) is 8.70. The van der Waals surface area contributed by atoms with Crippen molar-refractivity contribution in [3.8, 4) is 0 Å². The van der Waals surface area contributed by atoms with Gasteiger partial charge in [-0.05, 0) is 49.2 Å². The van der Waals surface area contributed by atoms with Gasteiger partial charge >= 0.3 is 0 Å². The number of nitrogens with one attached hydrogen (secondary N) is 2. The van der Waals surface area contributed by atoms with Crippen molar-refractivity contribution in [1.82, 2.24) is 10.3 Å². The molecule has 1 heterocycles. The van der Waals surface area contributed by atoms with Crippen LogP contribution in [-0.4, -0.2) is 31.0 Å². The van der Waals surface area contributed by atoms with E-state index in [-0.39, 0.29) is 5.91 Å². The van der Waals surface area contributed by atoms with Gasteiger partial charge in [0.05, 0.1) is 5.56 Å². The maximum atomic E-state index is 12.4. The molecule has 0 spiro atoms. The van der Waals surface area contributed by atoms with E-state index in [2.05, 4.69) is 32.7 Å². The summed E-state index contributed by atoms with van der Waals surface area (Å²) in [5, 5.41) is 6.42. The predicted molar refractivity (Wildman–Crippen MR) is 107 cm³/mol. The maximum Gasteiger partial charge on any atom is 0.253 e. The third-order valence-electron chi connectivity index (χ3n) is 4.87. The summed E-state index contributed by atoms with van der Waals surface area (Å²) >= 11 is 0. The number of anilines is 3. The largest absolute Gasteiger partial charge is 0.378 e. The highest BCUT2D eigenvalue weighted by Crippen LogP contribution is 2.20. The van der Waals surface area contributed by atoms with Crippen LogP contribution >= 0.6 is 0 Å². The number of hydrogen-bond donors (Lipinski definition) is 2. The van der Waals surface area contributed by atoms with Gasteiger partial charge in [0.1, 0.15) is 5.82 Å². The molecule has 0 atom stereocenters. The topological polar surface area (TPSA) is 57.3 Å². The minimum absolute atomic E-state index is 0.0220. The van der Waals surface area contributed by atoms with Gasteiger partial charge in [0.2, 0.25) is 0 Å². The normalized spacial score (nSPS) is 15.2. The van der Waals surface area contributed by atoms with Crippen LogP contribution in [0.1, 0.15) is 48.9 Å². The fraction of sp³-hybridized carbons (Fsp3) is 0.429. The predicted octanol–water partition coefficient (Wildman–Crippen LogP) is 4.34. The van der Waals surface area contributed by atoms with E-state index < -0.39 is 0 Å². The Bertz CT molecular complexity index is 702. The Morgan fingerprint density at radius 2 is 1.69 bits per heavy atom. The van der Waals surface area contributed by atoms with E-state index in [0.29, 0.717) is 11.6 Å². The number of benzene rings is 1. The smallest absolute Gasteiger partial charge is 0.253 e. The molecule has 5 heteroatoms. The molecule has 5 nitrogen and oxygen atoms in total. The van der Waals surface area contributed by atoms with E-state index >= 15 is 0 Å². The van der Waals surface area contributed by atoms with Crippen molar-refractivity contribution in [3.63, 3.8) is 0 Å². The molecule has 1 fully saturated rings. The molecule has 3 rings (SSSR count). The van der Waals surface area contributed by atoms with Gasteiger partial charge < -0.3 is 15.5 Å². The number of aromatic nitrogens is 1. The lowest BCUT2D eigenvalue weighted by Gasteiger charge is -2.16. The molecule has 1 aromatic carbocycles. The second-order valence-corrected chi connectivity index (χ2v) is 7.16. The van der Waals surface area contributed by atoms with Crippen LogP contribution in [0, 0.1) is 0 Å². The number of carbonyl (C=O) groups excluding carboxylic acids is 1. The van der Waals surface area contributed by atoms with Crippen LogP contribution < -0.4 is 15.5 Å². The Labute approximate surface area is 155 Å². The molecule has 2 N–H and O–H groups in total. The monoisotopic (exact) mass is 352 g/mol. The Kier molecular flexibility index (Phi) is 6.10. The van der Waals surface area contributed by atoms with Gasteiger partial charge in [-0.1, -0.05) is 25.7 Å². The van der Waals surface area contributed by atoms with E-state index in [4.69, 9.17) is 0 Å². The van der Waals surface area contributed by atoms with Crippen molar-refractivity contribution in [2.24, 2.45) is 0 Å². The fourth-order valence-corrected chi connectivity index (χ4v) is 3.29. The lowest BCUT2D eigenvalue weighted by atomic mass is 10.1. The third-order valence-corrected chi connectivity index (χ3v) is 4.87. The quantitative estimate of drug-likeness (QED) is 0.786. The van der Waals surface area contributed by atoms with Gasteiger partial charge in [0, 0.05) is 37.7 Å². The average molecular weight is 352 g/mol. The number of nitrogens with zero attached hydrogens (tertiary/aromatic N) is 2. The number of rotatable bonds is 5. The van der Waals surface area contributed by atoms with Gasteiger partial charge in [-0.15, -0.1) is 0 Å². The number of amides is 1. The third kappa shape index (κ3) is 4.97.